The third-order valence-electron chi connectivity index (χ3n) is 1.06. The molecule has 3 N–H and O–H groups in total. The van der Waals surface area contributed by atoms with E-state index in [-0.39, 0.29) is 41.5 Å². The molecule has 1 radical (unpaired) electrons. The van der Waals surface area contributed by atoms with Crippen molar-refractivity contribution < 1.29 is 37.0 Å². The molecule has 0 fully saturated rings. The molecule has 0 saturated heterocycles. The minimum absolute atomic E-state index is 0. The molecule has 0 aliphatic rings. The van der Waals surface area contributed by atoms with Crippen LogP contribution in [0, 0.1) is 20.8 Å². The van der Waals surface area contributed by atoms with E-state index in [2.05, 4.69) is 41.5 Å². The fraction of sp³-hybridized carbons (Fsp3) is 0.833. The number of rotatable bonds is 3. The van der Waals surface area contributed by atoms with Gasteiger partial charge in [0.15, 0.2) is 0 Å². The molecule has 0 amide bonds. The summed E-state index contributed by atoms with van der Waals surface area (Å²) in [6.45, 7) is 23.0. The summed E-state index contributed by atoms with van der Waals surface area (Å²) in [6.07, 6.45) is 6.83. The molecule has 0 unspecified atom stereocenters. The number of aliphatic hydroxyl groups excluding tert-OH is 3. The molecule has 0 saturated carbocycles. The Morgan fingerprint density at radius 2 is 0.545 bits per heavy atom. The molecular weight excluding hydrogens is 312 g/mol. The van der Waals surface area contributed by atoms with Crippen molar-refractivity contribution in [2.75, 3.05) is 19.8 Å². The van der Waals surface area contributed by atoms with E-state index in [0.717, 1.165) is 19.3 Å². The van der Waals surface area contributed by atoms with E-state index in [1.807, 2.05) is 0 Å². The predicted octanol–water partition coefficient (Wildman–Crippen LogP) is 4.86. The summed E-state index contributed by atoms with van der Waals surface area (Å²) in [6, 6.07) is 0. The predicted molar refractivity (Wildman–Crippen MR) is 99.1 cm³/mol. The number of unbranched alkanes of at least 4 members (excludes halogenated alkanes) is 3. The second-order valence-electron chi connectivity index (χ2n) is 3.51. The number of aliphatic hydroxyl groups is 3. The first-order valence-electron chi connectivity index (χ1n) is 8.19. The fourth-order valence-electron chi connectivity index (χ4n) is 0. The molecule has 0 aliphatic heterocycles. The van der Waals surface area contributed by atoms with Crippen molar-refractivity contribution in [2.45, 2.75) is 80.1 Å². The van der Waals surface area contributed by atoms with Crippen LogP contribution < -0.4 is 0 Å². The zero-order chi connectivity index (χ0) is 18.4. The van der Waals surface area contributed by atoms with Crippen LogP contribution in [0.2, 0.25) is 0 Å². The zero-order valence-electron chi connectivity index (χ0n) is 16.3. The molecule has 0 bridgehead atoms. The van der Waals surface area contributed by atoms with Crippen LogP contribution in [-0.4, -0.2) is 35.1 Å². The van der Waals surface area contributed by atoms with E-state index in [1.54, 1.807) is 20.8 Å². The third-order valence-corrected chi connectivity index (χ3v) is 1.06. The normalized spacial score (nSPS) is 6.55. The average molecular weight is 357 g/mol. The molecule has 0 spiro atoms. The fourth-order valence-corrected chi connectivity index (χ4v) is 0. The maximum Gasteiger partial charge on any atom is 3.00 e. The smallest absolute Gasteiger partial charge is 0.397 e. The van der Waals surface area contributed by atoms with Gasteiger partial charge in [-0.1, -0.05) is 40.0 Å². The van der Waals surface area contributed by atoms with Crippen molar-refractivity contribution in [1.29, 1.82) is 0 Å². The average Bonchev–Trinajstić information content (AvgIpc) is 2.50. The van der Waals surface area contributed by atoms with Crippen LogP contribution >= 0.6 is 0 Å². The van der Waals surface area contributed by atoms with Crippen molar-refractivity contribution in [3.63, 3.8) is 0 Å². The minimum Gasteiger partial charge on any atom is -0.397 e. The van der Waals surface area contributed by atoms with Gasteiger partial charge < -0.3 is 36.1 Å². The van der Waals surface area contributed by atoms with Crippen molar-refractivity contribution >= 4 is 0 Å². The van der Waals surface area contributed by atoms with Gasteiger partial charge in [-0.2, -0.15) is 19.3 Å². The van der Waals surface area contributed by atoms with E-state index in [9.17, 15) is 0 Å². The first kappa shape index (κ1) is 43.3. The molecule has 4 heteroatoms. The van der Waals surface area contributed by atoms with E-state index in [1.165, 1.54) is 19.3 Å². The summed E-state index contributed by atoms with van der Waals surface area (Å²) < 4.78 is 0. The summed E-state index contributed by atoms with van der Waals surface area (Å²) in [5.74, 6) is 0. The van der Waals surface area contributed by atoms with E-state index in [4.69, 9.17) is 15.3 Å². The van der Waals surface area contributed by atoms with Crippen molar-refractivity contribution in [3.05, 3.63) is 20.8 Å². The SMILES string of the molecule is CCO.CCO.CCO.[CH2-]CCC.[CH2-]CCC.[CH2-]CCC.[Ti+3]. The zero-order valence-corrected chi connectivity index (χ0v) is 17.9. The summed E-state index contributed by atoms with van der Waals surface area (Å²) in [5, 5.41) is 22.7. The van der Waals surface area contributed by atoms with E-state index >= 15 is 0 Å². The Kier molecular flexibility index (Phi) is 196. The summed E-state index contributed by atoms with van der Waals surface area (Å²) in [7, 11) is 0. The van der Waals surface area contributed by atoms with E-state index < -0.39 is 0 Å². The molecular formula is C18H45O3Ti. The van der Waals surface area contributed by atoms with Crippen LogP contribution in [0.25, 0.3) is 0 Å². The van der Waals surface area contributed by atoms with Gasteiger partial charge >= 0.3 is 21.7 Å². The number of hydrogen-bond acceptors (Lipinski definition) is 3. The Bertz CT molecular complexity index is 55.1. The van der Waals surface area contributed by atoms with Gasteiger partial charge in [-0.25, -0.2) is 0 Å². The largest absolute Gasteiger partial charge is 3.00 e. The van der Waals surface area contributed by atoms with Crippen LogP contribution in [0.3, 0.4) is 0 Å². The summed E-state index contributed by atoms with van der Waals surface area (Å²) >= 11 is 0. The third kappa shape index (κ3) is 612. The Balaban J connectivity index is -0.0000000245. The molecule has 139 valence electrons. The molecule has 0 atom stereocenters. The second kappa shape index (κ2) is 99.5. The topological polar surface area (TPSA) is 60.7 Å². The van der Waals surface area contributed by atoms with Gasteiger partial charge in [-0.15, -0.1) is 0 Å². The van der Waals surface area contributed by atoms with Gasteiger partial charge in [0, 0.05) is 19.8 Å². The Morgan fingerprint density at radius 3 is 0.545 bits per heavy atom. The first-order chi connectivity index (χ1) is 9.99. The van der Waals surface area contributed by atoms with Gasteiger partial charge in [0.2, 0.25) is 0 Å². The number of hydrogen-bond donors (Lipinski definition) is 3. The van der Waals surface area contributed by atoms with Gasteiger partial charge in [0.05, 0.1) is 0 Å². The summed E-state index contributed by atoms with van der Waals surface area (Å²) in [4.78, 5) is 0. The standard InChI is InChI=1S/3C4H9.3C2H6O.Ti/c3*1-3-4-2;3*1-2-3;/h3*1,3-4H2,2H3;3*3H,2H2,1H3;/q3*-1;;;;+3. The van der Waals surface area contributed by atoms with Gasteiger partial charge in [0.1, 0.15) is 0 Å². The van der Waals surface area contributed by atoms with Gasteiger partial charge in [-0.05, 0) is 20.8 Å². The van der Waals surface area contributed by atoms with Crippen molar-refractivity contribution in [1.82, 2.24) is 0 Å². The van der Waals surface area contributed by atoms with Crippen LogP contribution in [0.1, 0.15) is 80.1 Å². The monoisotopic (exact) mass is 357 g/mol. The molecule has 0 aromatic carbocycles. The summed E-state index contributed by atoms with van der Waals surface area (Å²) in [5.41, 5.74) is 0. The van der Waals surface area contributed by atoms with Crippen LogP contribution in [0.5, 0.6) is 0 Å². The Morgan fingerprint density at radius 1 is 0.500 bits per heavy atom. The van der Waals surface area contributed by atoms with Crippen molar-refractivity contribution in [2.24, 2.45) is 0 Å². The Labute approximate surface area is 157 Å². The Hall–Kier alpha value is 0.594. The van der Waals surface area contributed by atoms with Gasteiger partial charge in [-0.3, -0.25) is 0 Å². The minimum atomic E-state index is 0. The molecule has 0 aromatic heterocycles. The molecule has 0 aliphatic carbocycles. The van der Waals surface area contributed by atoms with Gasteiger partial charge in [0.25, 0.3) is 0 Å². The maximum absolute atomic E-state index is 7.57. The van der Waals surface area contributed by atoms with Crippen LogP contribution in [0.4, 0.5) is 0 Å². The molecule has 0 aromatic rings. The van der Waals surface area contributed by atoms with Crippen LogP contribution in [-0.2, 0) is 21.7 Å². The molecule has 3 nitrogen and oxygen atoms in total. The maximum atomic E-state index is 7.57. The second-order valence-corrected chi connectivity index (χ2v) is 3.51. The molecule has 0 rings (SSSR count). The quantitative estimate of drug-likeness (QED) is 0.500. The van der Waals surface area contributed by atoms with E-state index in [0.29, 0.717) is 0 Å². The first-order valence-corrected chi connectivity index (χ1v) is 8.19. The molecule has 22 heavy (non-hydrogen) atoms. The molecule has 0 heterocycles. The van der Waals surface area contributed by atoms with Crippen molar-refractivity contribution in [3.8, 4) is 0 Å². The van der Waals surface area contributed by atoms with Crippen LogP contribution in [0.15, 0.2) is 0 Å².